The Morgan fingerprint density at radius 2 is 0.887 bits per heavy atom. The number of aliphatic imine (C=N–C) groups is 1. The second-order valence-electron chi connectivity index (χ2n) is 16.3. The highest BCUT2D eigenvalue weighted by Gasteiger charge is 2.51. The van der Waals surface area contributed by atoms with Gasteiger partial charge in [-0.15, -0.1) is 0 Å². The summed E-state index contributed by atoms with van der Waals surface area (Å²) in [5, 5.41) is 3.84. The first-order chi connectivity index (χ1) is 30.8. The van der Waals surface area contributed by atoms with Crippen LogP contribution in [0.4, 0.5) is 17.1 Å². The Morgan fingerprint density at radius 1 is 0.387 bits per heavy atom. The highest BCUT2D eigenvalue weighted by molar-refractivity contribution is 6.09. The van der Waals surface area contributed by atoms with Crippen molar-refractivity contribution >= 4 is 28.6 Å². The minimum atomic E-state index is -0.541. The van der Waals surface area contributed by atoms with Crippen molar-refractivity contribution in [2.45, 2.75) is 11.5 Å². The van der Waals surface area contributed by atoms with Crippen molar-refractivity contribution in [1.82, 2.24) is 5.32 Å². The summed E-state index contributed by atoms with van der Waals surface area (Å²) in [6, 6.07) is 83.7. The van der Waals surface area contributed by atoms with E-state index < -0.39 is 5.41 Å². The summed E-state index contributed by atoms with van der Waals surface area (Å²) >= 11 is 0. The maximum absolute atomic E-state index is 5.35. The Hall–Kier alpha value is -8.01. The summed E-state index contributed by atoms with van der Waals surface area (Å²) in [6.07, 6.45) is 2.24. The van der Waals surface area contributed by atoms with Crippen molar-refractivity contribution in [3.05, 3.63) is 276 Å². The summed E-state index contributed by atoms with van der Waals surface area (Å²) in [5.41, 5.74) is 19.6. The second kappa shape index (κ2) is 14.6. The third-order valence-electron chi connectivity index (χ3n) is 12.9. The van der Waals surface area contributed by atoms with Crippen LogP contribution in [0.5, 0.6) is 0 Å². The van der Waals surface area contributed by atoms with E-state index in [1.807, 2.05) is 0 Å². The van der Waals surface area contributed by atoms with Crippen LogP contribution in [-0.2, 0) is 5.41 Å². The van der Waals surface area contributed by atoms with Gasteiger partial charge in [0.1, 0.15) is 5.84 Å². The van der Waals surface area contributed by atoms with Gasteiger partial charge in [0.2, 0.25) is 0 Å². The van der Waals surface area contributed by atoms with E-state index in [4.69, 9.17) is 4.99 Å². The molecule has 2 heterocycles. The average Bonchev–Trinajstić information content (AvgIpc) is 3.64. The Balaban J connectivity index is 1.04. The average molecular weight is 792 g/mol. The van der Waals surface area contributed by atoms with Crippen LogP contribution in [0.1, 0.15) is 45.0 Å². The van der Waals surface area contributed by atoms with E-state index in [2.05, 4.69) is 247 Å². The largest absolute Gasteiger partial charge is 0.359 e. The monoisotopic (exact) mass is 791 g/mol. The number of fused-ring (bicyclic) bond motifs is 9. The van der Waals surface area contributed by atoms with Gasteiger partial charge in [0.15, 0.2) is 0 Å². The molecule has 1 aliphatic carbocycles. The van der Waals surface area contributed by atoms with Gasteiger partial charge >= 0.3 is 0 Å². The lowest BCUT2D eigenvalue weighted by atomic mass is 9.64. The quantitative estimate of drug-likeness (QED) is 0.182. The highest BCUT2D eigenvalue weighted by Crippen LogP contribution is 2.63. The lowest BCUT2D eigenvalue weighted by Gasteiger charge is -2.45. The van der Waals surface area contributed by atoms with E-state index in [9.17, 15) is 0 Å². The van der Waals surface area contributed by atoms with Gasteiger partial charge in [-0.25, -0.2) is 4.99 Å². The number of nitrogens with one attached hydrogen (secondary N) is 1. The van der Waals surface area contributed by atoms with Crippen LogP contribution in [-0.4, -0.2) is 5.84 Å². The molecule has 0 amide bonds. The van der Waals surface area contributed by atoms with Crippen LogP contribution < -0.4 is 10.2 Å². The van der Waals surface area contributed by atoms with Gasteiger partial charge < -0.3 is 10.2 Å². The van der Waals surface area contributed by atoms with Gasteiger partial charge in [-0.3, -0.25) is 0 Å². The first-order valence-electron chi connectivity index (χ1n) is 21.4. The molecule has 12 rings (SSSR count). The van der Waals surface area contributed by atoms with Crippen LogP contribution in [0.15, 0.2) is 242 Å². The lowest BCUT2D eigenvalue weighted by molar-refractivity contribution is 0.753. The normalized spacial score (nSPS) is 15.4. The summed E-state index contributed by atoms with van der Waals surface area (Å²) < 4.78 is 0. The Morgan fingerprint density at radius 3 is 1.56 bits per heavy atom. The number of hydrogen-bond acceptors (Lipinski definition) is 3. The van der Waals surface area contributed by atoms with Gasteiger partial charge in [-0.05, 0) is 103 Å². The highest BCUT2D eigenvalue weighted by atomic mass is 15.2. The lowest BCUT2D eigenvalue weighted by Crippen LogP contribution is -2.36. The first kappa shape index (κ1) is 35.9. The molecule has 3 aliphatic rings. The van der Waals surface area contributed by atoms with Crippen LogP contribution in [0, 0.1) is 0 Å². The number of nitrogens with zero attached hydrogens (tertiary/aromatic N) is 2. The zero-order valence-corrected chi connectivity index (χ0v) is 34.0. The molecule has 2 aliphatic heterocycles. The molecule has 3 heteroatoms. The van der Waals surface area contributed by atoms with Crippen molar-refractivity contribution in [1.29, 1.82) is 0 Å². The summed E-state index contributed by atoms with van der Waals surface area (Å²) in [6.45, 7) is 0. The molecular weight excluding hydrogens is 751 g/mol. The molecule has 0 saturated carbocycles. The summed E-state index contributed by atoms with van der Waals surface area (Å²) in [5.74, 6) is 0.854. The van der Waals surface area contributed by atoms with Crippen molar-refractivity contribution in [2.75, 3.05) is 4.90 Å². The molecule has 0 saturated heterocycles. The first-order valence-corrected chi connectivity index (χ1v) is 21.4. The van der Waals surface area contributed by atoms with Gasteiger partial charge in [-0.2, -0.15) is 0 Å². The molecule has 9 aromatic carbocycles. The van der Waals surface area contributed by atoms with Crippen LogP contribution >= 0.6 is 0 Å². The third kappa shape index (κ3) is 5.56. The van der Waals surface area contributed by atoms with Crippen molar-refractivity contribution in [2.24, 2.45) is 4.99 Å². The number of benzene rings is 9. The number of para-hydroxylation sites is 3. The molecule has 3 nitrogen and oxygen atoms in total. The van der Waals surface area contributed by atoms with Crippen molar-refractivity contribution in [3.63, 3.8) is 0 Å². The van der Waals surface area contributed by atoms with Crippen molar-refractivity contribution < 1.29 is 0 Å². The summed E-state index contributed by atoms with van der Waals surface area (Å²) in [4.78, 5) is 7.79. The van der Waals surface area contributed by atoms with Gasteiger partial charge in [-0.1, -0.05) is 200 Å². The van der Waals surface area contributed by atoms with Crippen LogP contribution in [0.2, 0.25) is 0 Å². The second-order valence-corrected chi connectivity index (χ2v) is 16.3. The number of anilines is 3. The van der Waals surface area contributed by atoms with E-state index in [1.165, 1.54) is 61.4 Å². The Labute approximate surface area is 362 Å². The minimum absolute atomic E-state index is 0.0456. The van der Waals surface area contributed by atoms with Crippen molar-refractivity contribution in [3.8, 4) is 33.4 Å². The van der Waals surface area contributed by atoms with Gasteiger partial charge in [0.25, 0.3) is 0 Å². The fourth-order valence-electron chi connectivity index (χ4n) is 10.3. The molecule has 292 valence electrons. The topological polar surface area (TPSA) is 27.6 Å². The fraction of sp³-hybridized carbons (Fsp3) is 0.0339. The molecule has 0 radical (unpaired) electrons. The number of amidine groups is 1. The standard InChI is InChI=1S/C59H41N3/c1-4-20-40(21-5-1)54-39-55(41-22-6-2-7-23-41)61-58(60-54)49-30-13-12-28-46(49)45-27-11-10-26-44(45)42-36-37-48-47-29-14-15-31-50(47)59(53(48)38-42)51-32-16-18-34-56(51)62(43-24-8-3-9-25-43)57-35-19-17-33-52(57)59/h1-39,54H,(H,60,61). The van der Waals surface area contributed by atoms with Gasteiger partial charge in [0.05, 0.1) is 28.5 Å². The SMILES string of the molecule is C1=C(c2ccccc2)N=C(c2ccccc2-c2ccccc2-c2ccc3c(c2)C2(c4ccccc4-3)c3ccccc3N(c3ccccc3)c3ccccc32)NC1c1ccccc1. The molecule has 1 N–H and O–H groups in total. The minimum Gasteiger partial charge on any atom is -0.359 e. The van der Waals surface area contributed by atoms with E-state index in [1.54, 1.807) is 0 Å². The van der Waals surface area contributed by atoms with E-state index in [0.717, 1.165) is 39.5 Å². The smallest absolute Gasteiger partial charge is 0.135 e. The van der Waals surface area contributed by atoms with E-state index in [-0.39, 0.29) is 6.04 Å². The van der Waals surface area contributed by atoms with Crippen LogP contribution in [0.25, 0.3) is 39.1 Å². The maximum atomic E-state index is 5.35. The molecule has 0 fully saturated rings. The third-order valence-corrected chi connectivity index (χ3v) is 12.9. The molecule has 1 unspecified atom stereocenters. The molecule has 0 bridgehead atoms. The molecule has 9 aromatic rings. The predicted molar refractivity (Wildman–Crippen MR) is 256 cm³/mol. The molecule has 1 spiro atoms. The molecule has 0 aromatic heterocycles. The fourth-order valence-corrected chi connectivity index (χ4v) is 10.3. The van der Waals surface area contributed by atoms with E-state index in [0.29, 0.717) is 0 Å². The number of rotatable bonds is 6. The predicted octanol–water partition coefficient (Wildman–Crippen LogP) is 14.3. The van der Waals surface area contributed by atoms with Gasteiger partial charge in [0, 0.05) is 11.3 Å². The molecule has 62 heavy (non-hydrogen) atoms. The Kier molecular flexibility index (Phi) is 8.46. The zero-order chi connectivity index (χ0) is 41.0. The number of hydrogen-bond donors (Lipinski definition) is 1. The maximum Gasteiger partial charge on any atom is 0.135 e. The molecular formula is C59H41N3. The summed E-state index contributed by atoms with van der Waals surface area (Å²) in [7, 11) is 0. The molecule has 1 atom stereocenters. The zero-order valence-electron chi connectivity index (χ0n) is 34.0. The van der Waals surface area contributed by atoms with E-state index >= 15 is 0 Å². The Bertz CT molecular complexity index is 3170. The van der Waals surface area contributed by atoms with Crippen LogP contribution in [0.3, 0.4) is 0 Å².